The third kappa shape index (κ3) is 372. The van der Waals surface area contributed by atoms with Crippen molar-refractivity contribution in [2.45, 2.75) is 249 Å². The van der Waals surface area contributed by atoms with E-state index >= 15 is 0 Å². The fraction of sp³-hybridized carbons (Fsp3) is 0.627. The Morgan fingerprint density at radius 2 is 0.461 bits per heavy atom. The normalized spacial score (nSPS) is 8.79. The second kappa shape index (κ2) is 79.7. The predicted octanol–water partition coefficient (Wildman–Crippen LogP) is 24.5. The molecule has 0 saturated heterocycles. The highest BCUT2D eigenvalue weighted by Gasteiger charge is 1.98. The molecule has 0 atom stereocenters. The molecule has 1 aromatic carbocycles. The number of nitrogens with zero attached hydrogens (tertiary/aromatic N) is 7. The molecule has 7 nitrogen and oxygen atoms in total. The number of hydrogen-bond acceptors (Lipinski definition) is 9. The first kappa shape index (κ1) is 101. The Hall–Kier alpha value is -4.21. The molecule has 0 spiro atoms. The molecule has 0 amide bonds. The van der Waals surface area contributed by atoms with Gasteiger partial charge in [0, 0.05) is 72.7 Å². The Morgan fingerprint density at radius 1 is 0.224 bits per heavy atom. The van der Waals surface area contributed by atoms with Crippen molar-refractivity contribution in [3.8, 4) is 0 Å². The monoisotopic (exact) mass is 1100 g/mol. The van der Waals surface area contributed by atoms with E-state index in [9.17, 15) is 0 Å². The van der Waals surface area contributed by atoms with Gasteiger partial charge in [-0.15, -0.1) is 11.3 Å². The molecule has 0 radical (unpaired) electrons. The van der Waals surface area contributed by atoms with Crippen molar-refractivity contribution >= 4 is 22.9 Å². The van der Waals surface area contributed by atoms with E-state index in [4.69, 9.17) is 0 Å². The van der Waals surface area contributed by atoms with E-state index in [1.165, 1.54) is 17.9 Å². The van der Waals surface area contributed by atoms with Gasteiger partial charge in [-0.1, -0.05) is 292 Å². The van der Waals surface area contributed by atoms with Crippen molar-refractivity contribution < 1.29 is 0 Å². The first-order valence-electron chi connectivity index (χ1n) is 27.9. The molecule has 0 bridgehead atoms. The summed E-state index contributed by atoms with van der Waals surface area (Å²) in [5.41, 5.74) is 4.79. The van der Waals surface area contributed by atoms with Crippen LogP contribution in [0.5, 0.6) is 0 Å². The van der Waals surface area contributed by atoms with Gasteiger partial charge in [-0.2, -0.15) is 0 Å². The Balaban J connectivity index is -0.0000000578. The van der Waals surface area contributed by atoms with Crippen LogP contribution in [-0.4, -0.2) is 34.3 Å². The molecule has 0 saturated carbocycles. The molecular formula is C67H133N7S2. The summed E-state index contributed by atoms with van der Waals surface area (Å²) >= 11 is 3.06. The van der Waals surface area contributed by atoms with Crippen molar-refractivity contribution in [2.24, 2.45) is 32.5 Å². The summed E-state index contributed by atoms with van der Waals surface area (Å²) in [4.78, 5) is 22.3. The number of thiazole rings is 1. The molecule has 0 fully saturated rings. The maximum Gasteiger partial charge on any atom is 0.115 e. The van der Waals surface area contributed by atoms with Gasteiger partial charge in [0.05, 0.1) is 5.51 Å². The molecule has 76 heavy (non-hydrogen) atoms. The minimum atomic E-state index is 0.500. The van der Waals surface area contributed by atoms with Crippen LogP contribution in [0.4, 0.5) is 0 Å². The van der Waals surface area contributed by atoms with Gasteiger partial charge in [-0.05, 0) is 68.3 Å². The zero-order valence-electron chi connectivity index (χ0n) is 57.4. The number of pyridine rings is 1. The average Bonchev–Trinajstić information content (AvgIpc) is 4.15. The van der Waals surface area contributed by atoms with Crippen LogP contribution in [0.3, 0.4) is 0 Å². The van der Waals surface area contributed by atoms with E-state index in [1.54, 1.807) is 84.9 Å². The highest BCUT2D eigenvalue weighted by Crippen LogP contribution is 2.10. The van der Waals surface area contributed by atoms with Crippen LogP contribution in [0.1, 0.15) is 249 Å². The zero-order chi connectivity index (χ0) is 63.0. The van der Waals surface area contributed by atoms with E-state index in [2.05, 4.69) is 200 Å². The van der Waals surface area contributed by atoms with Crippen LogP contribution in [0.25, 0.3) is 0 Å². The molecule has 448 valence electrons. The van der Waals surface area contributed by atoms with E-state index < -0.39 is 0 Å². The SMILES string of the molecule is CC.CC.CC.CC.CC.CC.CC(C)(C)C.CC(C)(C)C.CC(C)(C)C.CC(C)(C)C.CC(C)(C)C.CC(C)(C)C.c1ccccc1.c1ccncc1.c1cnccn1.c1cncnc1.c1cnsc1.c1cscn1. The average molecular weight is 1100 g/mol. The summed E-state index contributed by atoms with van der Waals surface area (Å²) in [6.07, 6.45) is 18.5. The minimum Gasteiger partial charge on any atom is -0.265 e. The molecule has 5 aromatic heterocycles. The lowest BCUT2D eigenvalue weighted by Crippen LogP contribution is -1.93. The van der Waals surface area contributed by atoms with Gasteiger partial charge >= 0.3 is 0 Å². The third-order valence-corrected chi connectivity index (χ3v) is 3.93. The molecule has 6 aromatic rings. The van der Waals surface area contributed by atoms with Gasteiger partial charge in [0.2, 0.25) is 0 Å². The van der Waals surface area contributed by atoms with Crippen molar-refractivity contribution in [3.05, 3.63) is 151 Å². The van der Waals surface area contributed by atoms with Crippen LogP contribution in [0.2, 0.25) is 0 Å². The Labute approximate surface area is 487 Å². The van der Waals surface area contributed by atoms with Gasteiger partial charge in [0.15, 0.2) is 0 Å². The smallest absolute Gasteiger partial charge is 0.115 e. The van der Waals surface area contributed by atoms with Crippen LogP contribution in [0.15, 0.2) is 151 Å². The van der Waals surface area contributed by atoms with Crippen molar-refractivity contribution in [2.75, 3.05) is 0 Å². The molecule has 0 N–H and O–H groups in total. The quantitative estimate of drug-likeness (QED) is 0.150. The summed E-state index contributed by atoms with van der Waals surface area (Å²) in [6.45, 7) is 76.5. The van der Waals surface area contributed by atoms with Gasteiger partial charge in [0.1, 0.15) is 6.33 Å². The summed E-state index contributed by atoms with van der Waals surface area (Å²) in [7, 11) is 0. The topological polar surface area (TPSA) is 90.2 Å². The number of benzene rings is 1. The molecule has 9 heteroatoms. The summed E-state index contributed by atoms with van der Waals surface area (Å²) in [5.74, 6) is 0. The van der Waals surface area contributed by atoms with Gasteiger partial charge in [-0.3, -0.25) is 19.9 Å². The van der Waals surface area contributed by atoms with Crippen molar-refractivity contribution in [1.82, 2.24) is 34.3 Å². The highest BCUT2D eigenvalue weighted by molar-refractivity contribution is 7.07. The maximum absolute atomic E-state index is 3.78. The Morgan fingerprint density at radius 3 is 0.539 bits per heavy atom. The fourth-order valence-electron chi connectivity index (χ4n) is 1.56. The summed E-state index contributed by atoms with van der Waals surface area (Å²) < 4.78 is 3.76. The van der Waals surface area contributed by atoms with Gasteiger partial charge < -0.3 is 0 Å². The lowest BCUT2D eigenvalue weighted by atomic mass is 10.0. The zero-order valence-corrected chi connectivity index (χ0v) is 59.0. The number of hydrogen-bond donors (Lipinski definition) is 0. The first-order chi connectivity index (χ1) is 35.0. The lowest BCUT2D eigenvalue weighted by Gasteiger charge is -2.05. The van der Waals surface area contributed by atoms with Gasteiger partial charge in [0.25, 0.3) is 0 Å². The molecule has 0 aliphatic carbocycles. The number of rotatable bonds is 0. The van der Waals surface area contributed by atoms with Crippen LogP contribution >= 0.6 is 22.9 Å². The minimum absolute atomic E-state index is 0.500. The van der Waals surface area contributed by atoms with E-state index in [1.807, 2.05) is 155 Å². The Bertz CT molecular complexity index is 1160. The molecule has 6 rings (SSSR count). The standard InChI is InChI=1S/C6H6.C5H5N.6C5H12.2C4H4N2.2C3H3NS.6C2H6/c2*1-2-4-6-5-3-1;6*1-5(2,3)4;1-2-6-4-3-5-1;1-2-5-4-6-3-1;1-2-5-3-4-1;1-2-4-5-3-1;6*1-2/h1-6H;1-5H;6*1-4H3;2*1-4H;2*1-3H;6*1-2H3. The van der Waals surface area contributed by atoms with Crippen LogP contribution < -0.4 is 0 Å². The Kier molecular flexibility index (Phi) is 105. The van der Waals surface area contributed by atoms with Crippen LogP contribution in [-0.2, 0) is 0 Å². The molecule has 0 unspecified atom stereocenters. The fourth-order valence-corrected chi connectivity index (χ4v) is 2.26. The van der Waals surface area contributed by atoms with Gasteiger partial charge in [-0.25, -0.2) is 14.3 Å². The molecule has 0 aliphatic heterocycles. The second-order valence-electron chi connectivity index (χ2n) is 23.3. The lowest BCUT2D eigenvalue weighted by molar-refractivity contribution is 0.469. The van der Waals surface area contributed by atoms with Crippen molar-refractivity contribution in [3.63, 3.8) is 0 Å². The predicted molar refractivity (Wildman–Crippen MR) is 358 cm³/mol. The van der Waals surface area contributed by atoms with E-state index in [0.717, 1.165) is 0 Å². The highest BCUT2D eigenvalue weighted by atomic mass is 32.1. The summed E-state index contributed by atoms with van der Waals surface area (Å²) in [6, 6.07) is 21.4. The van der Waals surface area contributed by atoms with Crippen molar-refractivity contribution in [1.29, 1.82) is 0 Å². The first-order valence-corrected chi connectivity index (χ1v) is 29.7. The molecule has 5 heterocycles. The third-order valence-electron chi connectivity index (χ3n) is 2.88. The maximum atomic E-state index is 3.78. The second-order valence-corrected chi connectivity index (χ2v) is 24.8. The van der Waals surface area contributed by atoms with E-state index in [0.29, 0.717) is 32.5 Å². The van der Waals surface area contributed by atoms with Crippen LogP contribution in [0, 0.1) is 32.5 Å². The molecular weight excluding hydrogens is 967 g/mol. The largest absolute Gasteiger partial charge is 0.265 e. The summed E-state index contributed by atoms with van der Waals surface area (Å²) in [5, 5.41) is 3.86. The van der Waals surface area contributed by atoms with E-state index in [-0.39, 0.29) is 0 Å². The number of aromatic nitrogens is 7. The molecule has 0 aliphatic rings.